The Balaban J connectivity index is 2.29. The summed E-state index contributed by atoms with van der Waals surface area (Å²) in [5.74, 6) is -1.11. The lowest BCUT2D eigenvalue weighted by atomic mass is 10.3. The second-order valence-corrected chi connectivity index (χ2v) is 8.04. The Bertz CT molecular complexity index is 848. The minimum absolute atomic E-state index is 0.0169. The molecule has 2 rings (SSSR count). The molecule has 10 heteroatoms. The second-order valence-electron chi connectivity index (χ2n) is 6.10. The molecule has 0 aliphatic carbocycles. The maximum Gasteiger partial charge on any atom is 0.244 e. The minimum atomic E-state index is -3.72. The Kier molecular flexibility index (Phi) is 7.14. The third-order valence-corrected chi connectivity index (χ3v) is 6.37. The van der Waals surface area contributed by atoms with Crippen LogP contribution in [-0.2, 0) is 24.4 Å². The highest BCUT2D eigenvalue weighted by atomic mass is 32.2. The van der Waals surface area contributed by atoms with Crippen molar-refractivity contribution in [1.29, 1.82) is 0 Å². The van der Waals surface area contributed by atoms with E-state index in [0.717, 1.165) is 4.90 Å². The Morgan fingerprint density at radius 2 is 1.75 bits per heavy atom. The summed E-state index contributed by atoms with van der Waals surface area (Å²) in [7, 11) is -3.72. The minimum Gasteiger partial charge on any atom is -0.492 e. The number of carbonyl (C=O) groups excluding carboxylic acids is 3. The summed E-state index contributed by atoms with van der Waals surface area (Å²) in [6, 6.07) is 4.22. The van der Waals surface area contributed by atoms with Gasteiger partial charge in [-0.2, -0.15) is 4.31 Å². The summed E-state index contributed by atoms with van der Waals surface area (Å²) >= 11 is 0. The van der Waals surface area contributed by atoms with Crippen molar-refractivity contribution in [1.82, 2.24) is 9.21 Å². The van der Waals surface area contributed by atoms with Crippen molar-refractivity contribution in [2.24, 2.45) is 0 Å². The zero-order valence-electron chi connectivity index (χ0n) is 16.2. The van der Waals surface area contributed by atoms with Crippen LogP contribution in [0.15, 0.2) is 23.1 Å². The Hall–Kier alpha value is -2.46. The molecule has 1 aliphatic rings. The topological polar surface area (TPSA) is 113 Å². The van der Waals surface area contributed by atoms with Crippen molar-refractivity contribution in [3.63, 3.8) is 0 Å². The lowest BCUT2D eigenvalue weighted by Gasteiger charge is -2.20. The van der Waals surface area contributed by atoms with Crippen molar-refractivity contribution < 1.29 is 27.5 Å². The van der Waals surface area contributed by atoms with Gasteiger partial charge in [0.1, 0.15) is 12.3 Å². The molecule has 9 nitrogen and oxygen atoms in total. The molecule has 154 valence electrons. The lowest BCUT2D eigenvalue weighted by molar-refractivity contribution is -0.141. The smallest absolute Gasteiger partial charge is 0.244 e. The molecule has 1 aliphatic heterocycles. The summed E-state index contributed by atoms with van der Waals surface area (Å²) < 4.78 is 32.2. The molecule has 28 heavy (non-hydrogen) atoms. The van der Waals surface area contributed by atoms with Gasteiger partial charge in [0, 0.05) is 25.9 Å². The van der Waals surface area contributed by atoms with Crippen LogP contribution < -0.4 is 10.1 Å². The molecule has 1 aromatic carbocycles. The zero-order chi connectivity index (χ0) is 20.9. The molecule has 1 heterocycles. The van der Waals surface area contributed by atoms with E-state index in [2.05, 4.69) is 5.32 Å². The summed E-state index contributed by atoms with van der Waals surface area (Å²) in [6.07, 6.45) is 0.182. The van der Waals surface area contributed by atoms with E-state index < -0.39 is 34.3 Å². The fraction of sp³-hybridized carbons (Fsp3) is 0.500. The Morgan fingerprint density at radius 1 is 1.14 bits per heavy atom. The fourth-order valence-electron chi connectivity index (χ4n) is 2.89. The van der Waals surface area contributed by atoms with E-state index in [4.69, 9.17) is 4.74 Å². The first-order valence-corrected chi connectivity index (χ1v) is 10.6. The Morgan fingerprint density at radius 3 is 2.29 bits per heavy atom. The van der Waals surface area contributed by atoms with E-state index in [0.29, 0.717) is 25.4 Å². The predicted molar refractivity (Wildman–Crippen MR) is 102 cm³/mol. The third kappa shape index (κ3) is 4.68. The molecule has 1 N–H and O–H groups in total. The zero-order valence-corrected chi connectivity index (χ0v) is 17.0. The van der Waals surface area contributed by atoms with Gasteiger partial charge in [-0.05, 0) is 25.1 Å². The van der Waals surface area contributed by atoms with E-state index in [-0.39, 0.29) is 23.4 Å². The van der Waals surface area contributed by atoms with Gasteiger partial charge in [0.15, 0.2) is 0 Å². The van der Waals surface area contributed by atoms with Gasteiger partial charge in [-0.3, -0.25) is 19.3 Å². The first-order valence-electron chi connectivity index (χ1n) is 9.14. The number of likely N-dealkylation sites (tertiary alicyclic amines) is 1. The molecule has 0 aromatic heterocycles. The molecule has 0 unspecified atom stereocenters. The molecular weight excluding hydrogens is 386 g/mol. The number of sulfonamides is 1. The van der Waals surface area contributed by atoms with Crippen LogP contribution in [0.2, 0.25) is 0 Å². The van der Waals surface area contributed by atoms with Crippen molar-refractivity contribution in [2.45, 2.75) is 38.5 Å². The molecule has 1 saturated heterocycles. The van der Waals surface area contributed by atoms with Crippen LogP contribution in [0.4, 0.5) is 5.69 Å². The number of hydrogen-bond acceptors (Lipinski definition) is 6. The van der Waals surface area contributed by atoms with Crippen LogP contribution in [0.25, 0.3) is 0 Å². The fourth-order valence-corrected chi connectivity index (χ4v) is 4.38. The average Bonchev–Trinajstić information content (AvgIpc) is 2.96. The number of imide groups is 1. The van der Waals surface area contributed by atoms with Gasteiger partial charge in [0.05, 0.1) is 17.2 Å². The van der Waals surface area contributed by atoms with Crippen LogP contribution in [0.1, 0.15) is 33.6 Å². The number of benzene rings is 1. The number of rotatable bonds is 9. The maximum absolute atomic E-state index is 12.7. The van der Waals surface area contributed by atoms with Crippen molar-refractivity contribution in [2.75, 3.05) is 31.6 Å². The van der Waals surface area contributed by atoms with Crippen LogP contribution in [0.3, 0.4) is 0 Å². The number of nitrogens with one attached hydrogen (secondary N) is 1. The standard InChI is InChI=1S/C18H25N3O6S/c1-4-20(5-2)28(25,26)13-7-8-15(27-6-3)14(11-13)19-16(22)12-21-17(23)9-10-18(21)24/h7-8,11H,4-6,9-10,12H2,1-3H3,(H,19,22). The summed E-state index contributed by atoms with van der Waals surface area (Å²) in [5, 5.41) is 2.56. The van der Waals surface area contributed by atoms with E-state index in [1.54, 1.807) is 20.8 Å². The molecule has 0 radical (unpaired) electrons. The van der Waals surface area contributed by atoms with Gasteiger partial charge >= 0.3 is 0 Å². The first kappa shape index (κ1) is 21.8. The normalized spacial score (nSPS) is 14.6. The van der Waals surface area contributed by atoms with Gasteiger partial charge in [-0.15, -0.1) is 0 Å². The van der Waals surface area contributed by atoms with Crippen molar-refractivity contribution >= 4 is 33.4 Å². The monoisotopic (exact) mass is 411 g/mol. The number of carbonyl (C=O) groups is 3. The van der Waals surface area contributed by atoms with Gasteiger partial charge < -0.3 is 10.1 Å². The predicted octanol–water partition coefficient (Wildman–Crippen LogP) is 1.20. The highest BCUT2D eigenvalue weighted by molar-refractivity contribution is 7.89. The SMILES string of the molecule is CCOc1ccc(S(=O)(=O)N(CC)CC)cc1NC(=O)CN1C(=O)CCC1=O. The number of nitrogens with zero attached hydrogens (tertiary/aromatic N) is 2. The molecule has 0 saturated carbocycles. The summed E-state index contributed by atoms with van der Waals surface area (Å²) in [5.41, 5.74) is 0.166. The molecule has 1 aromatic rings. The Labute approximate surface area is 164 Å². The molecule has 0 atom stereocenters. The highest BCUT2D eigenvalue weighted by Gasteiger charge is 2.31. The van der Waals surface area contributed by atoms with Gasteiger partial charge in [-0.1, -0.05) is 13.8 Å². The molecule has 3 amide bonds. The van der Waals surface area contributed by atoms with Crippen LogP contribution in [-0.4, -0.2) is 61.6 Å². The molecular formula is C18H25N3O6S. The number of amides is 3. The molecule has 1 fully saturated rings. The van der Waals surface area contributed by atoms with Crippen molar-refractivity contribution in [3.05, 3.63) is 18.2 Å². The third-order valence-electron chi connectivity index (χ3n) is 4.32. The number of anilines is 1. The maximum atomic E-state index is 12.7. The first-order chi connectivity index (χ1) is 13.2. The quantitative estimate of drug-likeness (QED) is 0.611. The summed E-state index contributed by atoms with van der Waals surface area (Å²) in [4.78, 5) is 36.6. The van der Waals surface area contributed by atoms with E-state index >= 15 is 0 Å². The number of hydrogen-bond donors (Lipinski definition) is 1. The van der Waals surface area contributed by atoms with Crippen LogP contribution >= 0.6 is 0 Å². The molecule has 0 spiro atoms. The second kappa shape index (κ2) is 9.16. The average molecular weight is 411 g/mol. The lowest BCUT2D eigenvalue weighted by Crippen LogP contribution is -2.37. The van der Waals surface area contributed by atoms with E-state index in [9.17, 15) is 22.8 Å². The van der Waals surface area contributed by atoms with Crippen LogP contribution in [0.5, 0.6) is 5.75 Å². The molecule has 0 bridgehead atoms. The highest BCUT2D eigenvalue weighted by Crippen LogP contribution is 2.29. The van der Waals surface area contributed by atoms with Crippen molar-refractivity contribution in [3.8, 4) is 5.75 Å². The van der Waals surface area contributed by atoms with Gasteiger partial charge in [0.25, 0.3) is 0 Å². The van der Waals surface area contributed by atoms with E-state index in [1.165, 1.54) is 22.5 Å². The number of ether oxygens (including phenoxy) is 1. The summed E-state index contributed by atoms with van der Waals surface area (Å²) in [6.45, 7) is 5.75. The van der Waals surface area contributed by atoms with Gasteiger partial charge in [-0.25, -0.2) is 8.42 Å². The largest absolute Gasteiger partial charge is 0.492 e. The van der Waals surface area contributed by atoms with Gasteiger partial charge in [0.2, 0.25) is 27.7 Å². The van der Waals surface area contributed by atoms with E-state index in [1.807, 2.05) is 0 Å². The van der Waals surface area contributed by atoms with Crippen LogP contribution in [0, 0.1) is 0 Å².